The molecule has 110 valence electrons. The van der Waals surface area contributed by atoms with Gasteiger partial charge in [0.25, 0.3) is 5.69 Å². The SMILES string of the molecule is O=[N+]([O-])c1ccc(Cc2scnc2-c2ccc(F)cc2)cc1. The summed E-state index contributed by atoms with van der Waals surface area (Å²) in [4.78, 5) is 15.6. The van der Waals surface area contributed by atoms with E-state index in [1.807, 2.05) is 0 Å². The Morgan fingerprint density at radius 3 is 2.41 bits per heavy atom. The summed E-state index contributed by atoms with van der Waals surface area (Å²) in [5.41, 5.74) is 4.48. The quantitative estimate of drug-likeness (QED) is 0.528. The first kappa shape index (κ1) is 14.3. The number of benzene rings is 2. The van der Waals surface area contributed by atoms with Crippen LogP contribution in [-0.4, -0.2) is 9.91 Å². The molecule has 0 amide bonds. The molecule has 0 fully saturated rings. The average Bonchev–Trinajstić information content (AvgIpc) is 2.97. The van der Waals surface area contributed by atoms with Crippen LogP contribution < -0.4 is 0 Å². The van der Waals surface area contributed by atoms with E-state index >= 15 is 0 Å². The number of hydrogen-bond acceptors (Lipinski definition) is 4. The molecular formula is C16H11FN2O2S. The summed E-state index contributed by atoms with van der Waals surface area (Å²) in [7, 11) is 0. The fourth-order valence-corrected chi connectivity index (χ4v) is 2.98. The second-order valence-electron chi connectivity index (χ2n) is 4.73. The van der Waals surface area contributed by atoms with Gasteiger partial charge in [-0.25, -0.2) is 9.37 Å². The maximum atomic E-state index is 13.0. The summed E-state index contributed by atoms with van der Waals surface area (Å²) < 4.78 is 13.0. The van der Waals surface area contributed by atoms with Gasteiger partial charge >= 0.3 is 0 Å². The van der Waals surface area contributed by atoms with E-state index < -0.39 is 4.92 Å². The number of nitrogens with zero attached hydrogens (tertiary/aromatic N) is 2. The minimum absolute atomic E-state index is 0.0758. The van der Waals surface area contributed by atoms with Crippen LogP contribution >= 0.6 is 11.3 Å². The molecule has 22 heavy (non-hydrogen) atoms. The second kappa shape index (κ2) is 6.03. The maximum absolute atomic E-state index is 13.0. The largest absolute Gasteiger partial charge is 0.269 e. The van der Waals surface area contributed by atoms with Crippen molar-refractivity contribution in [3.63, 3.8) is 0 Å². The first-order valence-corrected chi connectivity index (χ1v) is 7.43. The zero-order valence-corrected chi connectivity index (χ0v) is 12.2. The number of thiazole rings is 1. The molecule has 0 saturated heterocycles. The van der Waals surface area contributed by atoms with Gasteiger partial charge in [-0.3, -0.25) is 10.1 Å². The smallest absolute Gasteiger partial charge is 0.258 e. The molecule has 3 rings (SSSR count). The van der Waals surface area contributed by atoms with Gasteiger partial charge < -0.3 is 0 Å². The summed E-state index contributed by atoms with van der Waals surface area (Å²) in [6.07, 6.45) is 0.634. The lowest BCUT2D eigenvalue weighted by molar-refractivity contribution is -0.384. The van der Waals surface area contributed by atoms with Crippen molar-refractivity contribution in [1.29, 1.82) is 0 Å². The third-order valence-corrected chi connectivity index (χ3v) is 4.10. The molecule has 0 aliphatic rings. The van der Waals surface area contributed by atoms with E-state index in [2.05, 4.69) is 4.98 Å². The summed E-state index contributed by atoms with van der Waals surface area (Å²) >= 11 is 1.52. The van der Waals surface area contributed by atoms with Crippen molar-refractivity contribution >= 4 is 17.0 Å². The fraction of sp³-hybridized carbons (Fsp3) is 0.0625. The predicted molar refractivity (Wildman–Crippen MR) is 83.4 cm³/mol. The Bertz CT molecular complexity index is 798. The Balaban J connectivity index is 1.86. The molecule has 0 aliphatic heterocycles. The molecule has 0 radical (unpaired) electrons. The van der Waals surface area contributed by atoms with Crippen molar-refractivity contribution in [3.05, 3.63) is 80.4 Å². The summed E-state index contributed by atoms with van der Waals surface area (Å²) in [5.74, 6) is -0.282. The zero-order chi connectivity index (χ0) is 15.5. The second-order valence-corrected chi connectivity index (χ2v) is 5.67. The lowest BCUT2D eigenvalue weighted by Crippen LogP contribution is -1.91. The number of non-ortho nitro benzene ring substituents is 1. The van der Waals surface area contributed by atoms with Crippen LogP contribution in [0, 0.1) is 15.9 Å². The molecule has 0 unspecified atom stereocenters. The fourth-order valence-electron chi connectivity index (χ4n) is 2.16. The van der Waals surface area contributed by atoms with Crippen LogP contribution in [0.1, 0.15) is 10.4 Å². The number of nitro groups is 1. The van der Waals surface area contributed by atoms with Crippen LogP contribution in [0.25, 0.3) is 11.3 Å². The van der Waals surface area contributed by atoms with Gasteiger partial charge in [0.05, 0.1) is 16.1 Å². The van der Waals surface area contributed by atoms with Gasteiger partial charge in [0.15, 0.2) is 0 Å². The topological polar surface area (TPSA) is 56.0 Å². The maximum Gasteiger partial charge on any atom is 0.269 e. The monoisotopic (exact) mass is 314 g/mol. The Morgan fingerprint density at radius 2 is 1.77 bits per heavy atom. The normalized spacial score (nSPS) is 10.6. The number of rotatable bonds is 4. The Morgan fingerprint density at radius 1 is 1.09 bits per heavy atom. The standard InChI is InChI=1S/C16H11FN2O2S/c17-13-5-3-12(4-6-13)16-15(22-10-18-16)9-11-1-7-14(8-2-11)19(20)21/h1-8,10H,9H2. The van der Waals surface area contributed by atoms with E-state index in [4.69, 9.17) is 0 Å². The summed E-state index contributed by atoms with van der Waals surface area (Å²) in [6.45, 7) is 0. The molecule has 0 spiro atoms. The van der Waals surface area contributed by atoms with Crippen LogP contribution in [0.15, 0.2) is 54.0 Å². The average molecular weight is 314 g/mol. The van der Waals surface area contributed by atoms with Gasteiger partial charge in [0.2, 0.25) is 0 Å². The predicted octanol–water partition coefficient (Wildman–Crippen LogP) is 4.45. The molecule has 0 aliphatic carbocycles. The van der Waals surface area contributed by atoms with E-state index in [1.54, 1.807) is 29.8 Å². The molecule has 6 heteroatoms. The van der Waals surface area contributed by atoms with Gasteiger partial charge in [-0.15, -0.1) is 11.3 Å². The van der Waals surface area contributed by atoms with Gasteiger partial charge in [0.1, 0.15) is 5.82 Å². The van der Waals surface area contributed by atoms with E-state index in [0.717, 1.165) is 21.7 Å². The molecule has 1 aromatic heterocycles. The molecule has 1 heterocycles. The molecular weight excluding hydrogens is 303 g/mol. The molecule has 4 nitrogen and oxygen atoms in total. The van der Waals surface area contributed by atoms with Gasteiger partial charge in [-0.1, -0.05) is 12.1 Å². The number of halogens is 1. The van der Waals surface area contributed by atoms with Crippen molar-refractivity contribution < 1.29 is 9.31 Å². The minimum Gasteiger partial charge on any atom is -0.258 e. The third kappa shape index (κ3) is 3.01. The molecule has 3 aromatic rings. The Labute approximate surface area is 130 Å². The van der Waals surface area contributed by atoms with E-state index in [0.29, 0.717) is 6.42 Å². The first-order valence-electron chi connectivity index (χ1n) is 6.55. The number of aromatic nitrogens is 1. The first-order chi connectivity index (χ1) is 10.6. The Hall–Kier alpha value is -2.60. The molecule has 0 saturated carbocycles. The molecule has 0 bridgehead atoms. The minimum atomic E-state index is -0.416. The lowest BCUT2D eigenvalue weighted by atomic mass is 10.1. The summed E-state index contributed by atoms with van der Waals surface area (Å²) in [6, 6.07) is 12.7. The van der Waals surface area contributed by atoms with Gasteiger partial charge in [-0.2, -0.15) is 0 Å². The van der Waals surface area contributed by atoms with Crippen molar-refractivity contribution in [2.45, 2.75) is 6.42 Å². The highest BCUT2D eigenvalue weighted by Gasteiger charge is 2.11. The Kier molecular flexibility index (Phi) is 3.93. The molecule has 2 aromatic carbocycles. The van der Waals surface area contributed by atoms with Crippen LogP contribution in [-0.2, 0) is 6.42 Å². The number of nitro benzene ring substituents is 1. The van der Waals surface area contributed by atoms with Crippen molar-refractivity contribution in [2.24, 2.45) is 0 Å². The summed E-state index contributed by atoms with van der Waals surface area (Å²) in [5, 5.41) is 10.7. The van der Waals surface area contributed by atoms with Crippen molar-refractivity contribution in [2.75, 3.05) is 0 Å². The van der Waals surface area contributed by atoms with Crippen molar-refractivity contribution in [3.8, 4) is 11.3 Å². The highest BCUT2D eigenvalue weighted by Crippen LogP contribution is 2.28. The molecule has 0 atom stereocenters. The van der Waals surface area contributed by atoms with Crippen LogP contribution in [0.4, 0.5) is 10.1 Å². The lowest BCUT2D eigenvalue weighted by Gasteiger charge is -2.03. The van der Waals surface area contributed by atoms with Gasteiger partial charge in [-0.05, 0) is 29.8 Å². The highest BCUT2D eigenvalue weighted by molar-refractivity contribution is 7.10. The number of hydrogen-bond donors (Lipinski definition) is 0. The van der Waals surface area contributed by atoms with E-state index in [9.17, 15) is 14.5 Å². The van der Waals surface area contributed by atoms with Crippen LogP contribution in [0.5, 0.6) is 0 Å². The van der Waals surface area contributed by atoms with Crippen molar-refractivity contribution in [1.82, 2.24) is 4.98 Å². The third-order valence-electron chi connectivity index (χ3n) is 3.27. The van der Waals surface area contributed by atoms with E-state index in [1.165, 1.54) is 35.6 Å². The highest BCUT2D eigenvalue weighted by atomic mass is 32.1. The van der Waals surface area contributed by atoms with Gasteiger partial charge in [0, 0.05) is 29.0 Å². The molecule has 0 N–H and O–H groups in total. The van der Waals surface area contributed by atoms with E-state index in [-0.39, 0.29) is 11.5 Å². The van der Waals surface area contributed by atoms with Crippen LogP contribution in [0.2, 0.25) is 0 Å². The van der Waals surface area contributed by atoms with Crippen LogP contribution in [0.3, 0.4) is 0 Å². The zero-order valence-electron chi connectivity index (χ0n) is 11.4.